The summed E-state index contributed by atoms with van der Waals surface area (Å²) < 4.78 is 0. The van der Waals surface area contributed by atoms with Crippen LogP contribution in [0, 0.1) is 0 Å². The quantitative estimate of drug-likeness (QED) is 0.139. The lowest BCUT2D eigenvalue weighted by molar-refractivity contribution is 1.05. The van der Waals surface area contributed by atoms with E-state index in [9.17, 15) is 0 Å². The minimum atomic E-state index is -0.750. The first-order valence-corrected chi connectivity index (χ1v) is 22.4. The lowest BCUT2D eigenvalue weighted by Gasteiger charge is -2.28. The summed E-state index contributed by atoms with van der Waals surface area (Å²) in [6.07, 6.45) is 19.2. The van der Waals surface area contributed by atoms with E-state index in [1.54, 1.807) is 0 Å². The molecule has 4 aliphatic rings. The fraction of sp³-hybridized carbons (Fsp3) is 0.120. The molecule has 0 saturated heterocycles. The molecule has 0 saturated carbocycles. The van der Waals surface area contributed by atoms with E-state index in [4.69, 9.17) is 0 Å². The Morgan fingerprint density at radius 1 is 0.288 bits per heavy atom. The van der Waals surface area contributed by atoms with Crippen molar-refractivity contribution >= 4 is 41.9 Å². The Morgan fingerprint density at radius 3 is 0.827 bits per heavy atom. The smallest absolute Gasteiger partial charge is 0.0787 e. The van der Waals surface area contributed by atoms with Gasteiger partial charge in [-0.3, -0.25) is 0 Å². The lowest BCUT2D eigenvalue weighted by Crippen LogP contribution is -2.31. The van der Waals surface area contributed by atoms with Gasteiger partial charge in [0.15, 0.2) is 0 Å². The molecule has 52 heavy (non-hydrogen) atoms. The predicted octanol–water partition coefficient (Wildman–Crippen LogP) is 11.9. The fourth-order valence-corrected chi connectivity index (χ4v) is 15.9. The Bertz CT molecular complexity index is 2010. The Morgan fingerprint density at radius 2 is 0.538 bits per heavy atom. The molecule has 10 rings (SSSR count). The highest BCUT2D eigenvalue weighted by Crippen LogP contribution is 2.43. The molecule has 4 unspecified atom stereocenters. The van der Waals surface area contributed by atoms with Gasteiger partial charge in [-0.05, 0) is 78.8 Å². The predicted molar refractivity (Wildman–Crippen MR) is 225 cm³/mol. The molecule has 0 N–H and O–H groups in total. The van der Waals surface area contributed by atoms with Crippen molar-refractivity contribution in [3.8, 4) is 0 Å². The molecule has 0 amide bonds. The van der Waals surface area contributed by atoms with Crippen LogP contribution in [0.3, 0.4) is 0 Å². The molecular weight excluding hydrogens is 657 g/mol. The maximum absolute atomic E-state index is 2.47. The van der Waals surface area contributed by atoms with Crippen LogP contribution >= 0.6 is 0 Å². The molecule has 0 nitrogen and oxygen atoms in total. The van der Waals surface area contributed by atoms with E-state index in [-0.39, 0.29) is 0 Å². The lowest BCUT2D eigenvalue weighted by atomic mass is 10.1. The largest absolute Gasteiger partial charge is 0.0793 e. The Balaban J connectivity index is 0.000000138. The van der Waals surface area contributed by atoms with Crippen molar-refractivity contribution in [1.82, 2.24) is 0 Å². The van der Waals surface area contributed by atoms with Crippen LogP contribution in [0.25, 0.3) is 24.3 Å². The van der Waals surface area contributed by atoms with Gasteiger partial charge in [-0.2, -0.15) is 0 Å². The van der Waals surface area contributed by atoms with E-state index in [0.717, 1.165) is 0 Å². The first kappa shape index (κ1) is 32.6. The zero-order valence-electron chi connectivity index (χ0n) is 29.4. The Labute approximate surface area is 312 Å². The summed E-state index contributed by atoms with van der Waals surface area (Å²) in [6.45, 7) is 0. The van der Waals surface area contributed by atoms with Crippen molar-refractivity contribution in [3.05, 3.63) is 238 Å². The van der Waals surface area contributed by atoms with Gasteiger partial charge in [0.25, 0.3) is 0 Å². The highest BCUT2D eigenvalue weighted by Gasteiger charge is 2.37. The molecule has 0 spiro atoms. The fourth-order valence-electron chi connectivity index (χ4n) is 8.78. The number of hydrogen-bond donors (Lipinski definition) is 0. The van der Waals surface area contributed by atoms with Crippen molar-refractivity contribution in [2.24, 2.45) is 0 Å². The molecule has 0 heterocycles. The molecule has 4 atom stereocenters. The van der Waals surface area contributed by atoms with Crippen LogP contribution in [0.5, 0.6) is 0 Å². The second-order valence-corrected chi connectivity index (χ2v) is 19.8. The van der Waals surface area contributed by atoms with E-state index in [1.807, 2.05) is 0 Å². The van der Waals surface area contributed by atoms with Gasteiger partial charge >= 0.3 is 0 Å². The minimum Gasteiger partial charge on any atom is -0.0793 e. The van der Waals surface area contributed by atoms with Gasteiger partial charge in [0.2, 0.25) is 0 Å². The molecule has 2 radical (unpaired) electrons. The molecule has 4 aliphatic carbocycles. The van der Waals surface area contributed by atoms with Crippen LogP contribution in [0.4, 0.5) is 0 Å². The number of fused-ring (bicyclic) bond motifs is 4. The third kappa shape index (κ3) is 6.49. The molecule has 6 aromatic carbocycles. The van der Waals surface area contributed by atoms with E-state index in [0.29, 0.717) is 22.2 Å². The van der Waals surface area contributed by atoms with Gasteiger partial charge in [-0.1, -0.05) is 217 Å². The second kappa shape index (κ2) is 14.8. The maximum atomic E-state index is 2.47. The first-order chi connectivity index (χ1) is 25.8. The van der Waals surface area contributed by atoms with Gasteiger partial charge in [0, 0.05) is 0 Å². The summed E-state index contributed by atoms with van der Waals surface area (Å²) in [7, 11) is -1.50. The third-order valence-corrected chi connectivity index (χ3v) is 18.1. The van der Waals surface area contributed by atoms with Crippen molar-refractivity contribution in [2.75, 3.05) is 0 Å². The zero-order chi connectivity index (χ0) is 34.7. The summed E-state index contributed by atoms with van der Waals surface area (Å²) >= 11 is 0. The SMILES string of the molecule is C1=CC([Si](Cc2ccccc2)C2C=Cc3ccccc32)c2ccccc21.C1=CC([Si](Cc2ccccc2)C2C=Cc3ccccc32)c2ccccc21. The van der Waals surface area contributed by atoms with Crippen molar-refractivity contribution < 1.29 is 0 Å². The molecule has 2 heteroatoms. The van der Waals surface area contributed by atoms with E-state index >= 15 is 0 Å². The van der Waals surface area contributed by atoms with E-state index in [2.05, 4.69) is 206 Å². The Hall–Kier alpha value is -5.29. The topological polar surface area (TPSA) is 0 Å². The van der Waals surface area contributed by atoms with Crippen LogP contribution in [-0.4, -0.2) is 17.6 Å². The van der Waals surface area contributed by atoms with Crippen molar-refractivity contribution in [2.45, 2.75) is 34.3 Å². The van der Waals surface area contributed by atoms with Gasteiger partial charge in [0.05, 0.1) is 17.6 Å². The van der Waals surface area contributed by atoms with Crippen LogP contribution in [0.15, 0.2) is 182 Å². The highest BCUT2D eigenvalue weighted by molar-refractivity contribution is 6.64. The molecular formula is C50H42Si2. The summed E-state index contributed by atoms with van der Waals surface area (Å²) in [5, 5.41) is 0. The first-order valence-electron chi connectivity index (χ1n) is 18.7. The number of benzene rings is 6. The maximum Gasteiger partial charge on any atom is 0.0787 e. The summed E-state index contributed by atoms with van der Waals surface area (Å²) in [5.41, 5.74) is 16.9. The molecule has 0 fully saturated rings. The molecule has 250 valence electrons. The monoisotopic (exact) mass is 698 g/mol. The summed E-state index contributed by atoms with van der Waals surface area (Å²) in [4.78, 5) is 0. The van der Waals surface area contributed by atoms with Gasteiger partial charge in [-0.25, -0.2) is 0 Å². The van der Waals surface area contributed by atoms with Crippen molar-refractivity contribution in [3.63, 3.8) is 0 Å². The number of rotatable bonds is 8. The van der Waals surface area contributed by atoms with Crippen molar-refractivity contribution in [1.29, 1.82) is 0 Å². The normalized spacial score (nSPS) is 19.7. The molecule has 0 bridgehead atoms. The Kier molecular flexibility index (Phi) is 9.25. The second-order valence-electron chi connectivity index (χ2n) is 14.3. The minimum absolute atomic E-state index is 0.567. The molecule has 0 aliphatic heterocycles. The molecule has 0 aromatic heterocycles. The van der Waals surface area contributed by atoms with Crippen LogP contribution in [0.2, 0.25) is 0 Å². The number of allylic oxidation sites excluding steroid dienone is 4. The van der Waals surface area contributed by atoms with Crippen LogP contribution in [-0.2, 0) is 12.1 Å². The van der Waals surface area contributed by atoms with E-state index < -0.39 is 17.6 Å². The third-order valence-electron chi connectivity index (χ3n) is 11.3. The van der Waals surface area contributed by atoms with E-state index in [1.165, 1.54) is 67.7 Å². The van der Waals surface area contributed by atoms with Crippen LogP contribution < -0.4 is 0 Å². The van der Waals surface area contributed by atoms with Crippen LogP contribution in [0.1, 0.15) is 77.8 Å². The average molecular weight is 699 g/mol. The summed E-state index contributed by atoms with van der Waals surface area (Å²) in [5.74, 6) is 0. The number of hydrogen-bond acceptors (Lipinski definition) is 0. The highest BCUT2D eigenvalue weighted by atomic mass is 28.3. The summed E-state index contributed by atoms with van der Waals surface area (Å²) in [6, 6.07) is 60.2. The standard InChI is InChI=1S/2C25H21Si/c2*1-2-8-19(9-3-1)18-26(24-16-14-20-10-4-6-12-22(20)24)25-17-15-21-11-5-7-13-23(21)25/h2*1-17,24-25H,18H2. The van der Waals surface area contributed by atoms with Gasteiger partial charge in [-0.15, -0.1) is 0 Å². The van der Waals surface area contributed by atoms with Gasteiger partial charge in [0.1, 0.15) is 0 Å². The average Bonchev–Trinajstić information content (AvgIpc) is 4.02. The zero-order valence-corrected chi connectivity index (χ0v) is 31.4. The molecule has 6 aromatic rings. The van der Waals surface area contributed by atoms with Gasteiger partial charge < -0.3 is 0 Å².